The van der Waals surface area contributed by atoms with E-state index < -0.39 is 0 Å². The summed E-state index contributed by atoms with van der Waals surface area (Å²) in [4.78, 5) is 16.5. The molecule has 0 atom stereocenters. The molecule has 1 N–H and O–H groups in total. The van der Waals surface area contributed by atoms with Gasteiger partial charge in [-0.25, -0.2) is 4.39 Å². The summed E-state index contributed by atoms with van der Waals surface area (Å²) in [6.45, 7) is 6.36. The van der Waals surface area contributed by atoms with Crippen LogP contribution in [-0.2, 0) is 11.2 Å². The summed E-state index contributed by atoms with van der Waals surface area (Å²) >= 11 is 0. The first kappa shape index (κ1) is 17.6. The molecule has 0 bridgehead atoms. The second-order valence-electron chi connectivity index (χ2n) is 6.33. The zero-order chi connectivity index (χ0) is 17.6. The van der Waals surface area contributed by atoms with Gasteiger partial charge in [-0.15, -0.1) is 0 Å². The number of hydrogen-bond donors (Lipinski definition) is 1. The van der Waals surface area contributed by atoms with Gasteiger partial charge >= 0.3 is 0 Å². The first-order chi connectivity index (χ1) is 12.1. The van der Waals surface area contributed by atoms with Crippen LogP contribution < -0.4 is 5.32 Å². The van der Waals surface area contributed by atoms with Crippen molar-refractivity contribution in [3.63, 3.8) is 0 Å². The third-order valence-electron chi connectivity index (χ3n) is 4.38. The SMILES string of the molecule is Cc1cc(NC(=O)CN2CCN(CCc3ccccc3F)CC2)no1. The minimum Gasteiger partial charge on any atom is -0.360 e. The minimum absolute atomic E-state index is 0.0897. The van der Waals surface area contributed by atoms with Crippen LogP contribution in [0.15, 0.2) is 34.9 Å². The van der Waals surface area contributed by atoms with Crippen LogP contribution in [-0.4, -0.2) is 60.1 Å². The first-order valence-electron chi connectivity index (χ1n) is 8.51. The van der Waals surface area contributed by atoms with E-state index in [1.54, 1.807) is 19.1 Å². The average Bonchev–Trinajstić information content (AvgIpc) is 3.00. The second-order valence-corrected chi connectivity index (χ2v) is 6.33. The second kappa shape index (κ2) is 8.22. The monoisotopic (exact) mass is 346 g/mol. The van der Waals surface area contributed by atoms with Crippen LogP contribution in [0.3, 0.4) is 0 Å². The lowest BCUT2D eigenvalue weighted by atomic mass is 10.1. The topological polar surface area (TPSA) is 61.6 Å². The Labute approximate surface area is 146 Å². The Bertz CT molecular complexity index is 711. The molecule has 0 spiro atoms. The summed E-state index contributed by atoms with van der Waals surface area (Å²) < 4.78 is 18.6. The average molecular weight is 346 g/mol. The van der Waals surface area contributed by atoms with Crippen LogP contribution >= 0.6 is 0 Å². The molecule has 25 heavy (non-hydrogen) atoms. The molecule has 134 valence electrons. The van der Waals surface area contributed by atoms with Crippen molar-refractivity contribution in [2.24, 2.45) is 0 Å². The van der Waals surface area contributed by atoms with Gasteiger partial charge in [-0.3, -0.25) is 9.69 Å². The maximum absolute atomic E-state index is 13.6. The molecule has 1 amide bonds. The van der Waals surface area contributed by atoms with E-state index in [1.807, 2.05) is 12.1 Å². The predicted molar refractivity (Wildman–Crippen MR) is 92.9 cm³/mol. The molecule has 1 aliphatic heterocycles. The summed E-state index contributed by atoms with van der Waals surface area (Å²) in [5, 5.41) is 6.49. The van der Waals surface area contributed by atoms with Crippen molar-refractivity contribution in [1.82, 2.24) is 15.0 Å². The molecule has 0 unspecified atom stereocenters. The standard InChI is InChI=1S/C18H23FN4O2/c1-14-12-17(21-25-14)20-18(24)13-23-10-8-22(9-11-23)7-6-15-4-2-3-5-16(15)19/h2-5,12H,6-11,13H2,1H3,(H,20,21,24). The van der Waals surface area contributed by atoms with Crippen molar-refractivity contribution < 1.29 is 13.7 Å². The van der Waals surface area contributed by atoms with Crippen molar-refractivity contribution >= 4 is 11.7 Å². The molecule has 2 aromatic rings. The van der Waals surface area contributed by atoms with E-state index in [0.717, 1.165) is 38.3 Å². The molecule has 1 saturated heterocycles. The molecule has 0 saturated carbocycles. The van der Waals surface area contributed by atoms with Gasteiger partial charge in [-0.2, -0.15) is 0 Å². The molecular weight excluding hydrogens is 323 g/mol. The van der Waals surface area contributed by atoms with E-state index in [0.29, 0.717) is 24.5 Å². The van der Waals surface area contributed by atoms with Crippen molar-refractivity contribution in [3.05, 3.63) is 47.5 Å². The van der Waals surface area contributed by atoms with Crippen LogP contribution in [0, 0.1) is 12.7 Å². The van der Waals surface area contributed by atoms with Crippen molar-refractivity contribution in [2.45, 2.75) is 13.3 Å². The van der Waals surface area contributed by atoms with Gasteiger partial charge in [0.2, 0.25) is 5.91 Å². The number of hydrogen-bond acceptors (Lipinski definition) is 5. The van der Waals surface area contributed by atoms with E-state index >= 15 is 0 Å². The highest BCUT2D eigenvalue weighted by Crippen LogP contribution is 2.10. The number of nitrogens with one attached hydrogen (secondary N) is 1. The Morgan fingerprint density at radius 2 is 1.96 bits per heavy atom. The molecular formula is C18H23FN4O2. The number of amides is 1. The number of nitrogens with zero attached hydrogens (tertiary/aromatic N) is 3. The molecule has 1 aromatic carbocycles. The van der Waals surface area contributed by atoms with E-state index in [2.05, 4.69) is 20.3 Å². The number of benzene rings is 1. The summed E-state index contributed by atoms with van der Waals surface area (Å²) in [5.74, 6) is 0.888. The number of anilines is 1. The number of piperazine rings is 1. The van der Waals surface area contributed by atoms with Crippen molar-refractivity contribution in [1.29, 1.82) is 0 Å². The van der Waals surface area contributed by atoms with Gasteiger partial charge in [0, 0.05) is 38.8 Å². The highest BCUT2D eigenvalue weighted by molar-refractivity contribution is 5.91. The summed E-state index contributed by atoms with van der Waals surface area (Å²) in [6, 6.07) is 8.61. The third kappa shape index (κ3) is 5.11. The molecule has 0 radical (unpaired) electrons. The van der Waals surface area contributed by atoms with E-state index in [-0.39, 0.29) is 11.7 Å². The van der Waals surface area contributed by atoms with Gasteiger partial charge in [-0.05, 0) is 25.0 Å². The normalized spacial score (nSPS) is 16.1. The van der Waals surface area contributed by atoms with Gasteiger partial charge in [0.15, 0.2) is 5.82 Å². The highest BCUT2D eigenvalue weighted by Gasteiger charge is 2.19. The molecule has 1 aromatic heterocycles. The Balaban J connectivity index is 1.38. The van der Waals surface area contributed by atoms with Gasteiger partial charge < -0.3 is 14.7 Å². The van der Waals surface area contributed by atoms with Gasteiger partial charge in [-0.1, -0.05) is 23.4 Å². The smallest absolute Gasteiger partial charge is 0.239 e. The lowest BCUT2D eigenvalue weighted by Crippen LogP contribution is -2.49. The predicted octanol–water partition coefficient (Wildman–Crippen LogP) is 1.92. The molecule has 2 heterocycles. The Morgan fingerprint density at radius 1 is 1.24 bits per heavy atom. The summed E-state index contributed by atoms with van der Waals surface area (Å²) in [7, 11) is 0. The zero-order valence-corrected chi connectivity index (χ0v) is 14.4. The fourth-order valence-electron chi connectivity index (χ4n) is 2.96. The quantitative estimate of drug-likeness (QED) is 0.866. The van der Waals surface area contributed by atoms with Gasteiger partial charge in [0.1, 0.15) is 11.6 Å². The molecule has 1 aliphatic rings. The fraction of sp³-hybridized carbons (Fsp3) is 0.444. The van der Waals surface area contributed by atoms with Crippen LogP contribution in [0.4, 0.5) is 10.2 Å². The minimum atomic E-state index is -0.138. The maximum Gasteiger partial charge on any atom is 0.239 e. The Kier molecular flexibility index (Phi) is 5.78. The number of rotatable bonds is 6. The first-order valence-corrected chi connectivity index (χ1v) is 8.51. The van der Waals surface area contributed by atoms with Crippen molar-refractivity contribution in [3.8, 4) is 0 Å². The summed E-state index contributed by atoms with van der Waals surface area (Å²) in [5.41, 5.74) is 0.757. The molecule has 7 heteroatoms. The lowest BCUT2D eigenvalue weighted by Gasteiger charge is -2.34. The van der Waals surface area contributed by atoms with Crippen LogP contribution in [0.2, 0.25) is 0 Å². The van der Waals surface area contributed by atoms with Crippen LogP contribution in [0.25, 0.3) is 0 Å². The van der Waals surface area contributed by atoms with Crippen LogP contribution in [0.5, 0.6) is 0 Å². The molecule has 3 rings (SSSR count). The number of aromatic nitrogens is 1. The largest absolute Gasteiger partial charge is 0.360 e. The van der Waals surface area contributed by atoms with Crippen LogP contribution in [0.1, 0.15) is 11.3 Å². The van der Waals surface area contributed by atoms with E-state index in [9.17, 15) is 9.18 Å². The van der Waals surface area contributed by atoms with Crippen molar-refractivity contribution in [2.75, 3.05) is 44.6 Å². The number of aryl methyl sites for hydroxylation is 1. The van der Waals surface area contributed by atoms with E-state index in [4.69, 9.17) is 4.52 Å². The fourth-order valence-corrected chi connectivity index (χ4v) is 2.96. The Hall–Kier alpha value is -2.25. The number of halogens is 1. The lowest BCUT2D eigenvalue weighted by molar-refractivity contribution is -0.117. The summed E-state index contributed by atoms with van der Waals surface area (Å²) in [6.07, 6.45) is 0.707. The maximum atomic E-state index is 13.6. The van der Waals surface area contributed by atoms with Gasteiger partial charge in [0.05, 0.1) is 6.54 Å². The molecule has 1 fully saturated rings. The molecule has 6 nitrogen and oxygen atoms in total. The molecule has 0 aliphatic carbocycles. The number of carbonyl (C=O) groups is 1. The van der Waals surface area contributed by atoms with Gasteiger partial charge in [0.25, 0.3) is 0 Å². The zero-order valence-electron chi connectivity index (χ0n) is 14.4. The highest BCUT2D eigenvalue weighted by atomic mass is 19.1. The third-order valence-corrected chi connectivity index (χ3v) is 4.38. The number of carbonyl (C=O) groups excluding carboxylic acids is 1. The Morgan fingerprint density at radius 3 is 2.64 bits per heavy atom. The van der Waals surface area contributed by atoms with E-state index in [1.165, 1.54) is 6.07 Å².